The second kappa shape index (κ2) is 7.93. The van der Waals surface area contributed by atoms with Gasteiger partial charge in [0.05, 0.1) is 0 Å². The van der Waals surface area contributed by atoms with Gasteiger partial charge in [-0.1, -0.05) is 55.5 Å². The molecule has 1 aliphatic rings. The van der Waals surface area contributed by atoms with Gasteiger partial charge in [0.2, 0.25) is 0 Å². The van der Waals surface area contributed by atoms with Crippen molar-refractivity contribution in [3.05, 3.63) is 35.4 Å². The molecule has 0 saturated heterocycles. The molecule has 0 spiro atoms. The van der Waals surface area contributed by atoms with Crippen LogP contribution in [0.2, 0.25) is 0 Å². The van der Waals surface area contributed by atoms with Gasteiger partial charge in [-0.3, -0.25) is 0 Å². The molecule has 110 valence electrons. The van der Waals surface area contributed by atoms with Crippen LogP contribution in [0.1, 0.15) is 49.7 Å². The van der Waals surface area contributed by atoms with Crippen molar-refractivity contribution >= 4 is 6.03 Å². The summed E-state index contributed by atoms with van der Waals surface area (Å²) < 4.78 is 0. The Hall–Kier alpha value is -1.51. The van der Waals surface area contributed by atoms with Crippen LogP contribution < -0.4 is 10.6 Å². The minimum atomic E-state index is -0.0575. The summed E-state index contributed by atoms with van der Waals surface area (Å²) in [6.45, 7) is 3.44. The van der Waals surface area contributed by atoms with Gasteiger partial charge in [0.25, 0.3) is 0 Å². The second-order valence-electron chi connectivity index (χ2n) is 5.89. The standard InChI is InChI=1S/C17H26N2O/c1-14-6-4-9-16(12-14)13-19-17(20)18-11-5-10-15-7-2-3-8-15/h4,6,9,12,15H,2-3,5,7-8,10-11,13H2,1H3,(H2,18,19,20). The molecular formula is C17H26N2O. The zero-order valence-corrected chi connectivity index (χ0v) is 12.5. The van der Waals surface area contributed by atoms with E-state index in [1.165, 1.54) is 37.7 Å². The summed E-state index contributed by atoms with van der Waals surface area (Å²) in [5.41, 5.74) is 2.37. The average molecular weight is 274 g/mol. The van der Waals surface area contributed by atoms with Crippen LogP contribution in [0.3, 0.4) is 0 Å². The highest BCUT2D eigenvalue weighted by atomic mass is 16.2. The molecule has 2 amide bonds. The molecule has 2 rings (SSSR count). The van der Waals surface area contributed by atoms with E-state index in [1.807, 2.05) is 12.1 Å². The Kier molecular flexibility index (Phi) is 5.90. The Bertz CT molecular complexity index is 425. The molecule has 1 fully saturated rings. The lowest BCUT2D eigenvalue weighted by Gasteiger charge is -2.10. The van der Waals surface area contributed by atoms with E-state index in [-0.39, 0.29) is 6.03 Å². The van der Waals surface area contributed by atoms with Gasteiger partial charge in [-0.15, -0.1) is 0 Å². The number of carbonyl (C=O) groups is 1. The highest BCUT2D eigenvalue weighted by molar-refractivity contribution is 5.73. The number of aryl methyl sites for hydroxylation is 1. The zero-order valence-electron chi connectivity index (χ0n) is 12.5. The molecule has 0 unspecified atom stereocenters. The summed E-state index contributed by atoms with van der Waals surface area (Å²) in [5.74, 6) is 0.909. The predicted molar refractivity (Wildman–Crippen MR) is 82.6 cm³/mol. The van der Waals surface area contributed by atoms with Crippen molar-refractivity contribution in [3.63, 3.8) is 0 Å². The predicted octanol–water partition coefficient (Wildman–Crippen LogP) is 3.76. The molecule has 1 aliphatic carbocycles. The zero-order chi connectivity index (χ0) is 14.2. The van der Waals surface area contributed by atoms with Crippen molar-refractivity contribution in [1.82, 2.24) is 10.6 Å². The van der Waals surface area contributed by atoms with Gasteiger partial charge >= 0.3 is 6.03 Å². The third kappa shape index (κ3) is 5.24. The Morgan fingerprint density at radius 3 is 2.80 bits per heavy atom. The molecule has 1 aromatic rings. The van der Waals surface area contributed by atoms with Gasteiger partial charge in [0, 0.05) is 13.1 Å². The average Bonchev–Trinajstić information content (AvgIpc) is 2.95. The van der Waals surface area contributed by atoms with Crippen LogP contribution in [0.4, 0.5) is 4.79 Å². The molecule has 20 heavy (non-hydrogen) atoms. The maximum atomic E-state index is 11.7. The molecule has 1 aromatic carbocycles. The number of carbonyl (C=O) groups excluding carboxylic acids is 1. The van der Waals surface area contributed by atoms with Crippen molar-refractivity contribution in [1.29, 1.82) is 0 Å². The summed E-state index contributed by atoms with van der Waals surface area (Å²) in [5, 5.41) is 5.85. The van der Waals surface area contributed by atoms with E-state index in [4.69, 9.17) is 0 Å². The van der Waals surface area contributed by atoms with Crippen LogP contribution in [0.5, 0.6) is 0 Å². The molecule has 3 nitrogen and oxygen atoms in total. The van der Waals surface area contributed by atoms with Gasteiger partial charge in [-0.05, 0) is 31.2 Å². The number of urea groups is 1. The fourth-order valence-corrected chi connectivity index (χ4v) is 2.96. The summed E-state index contributed by atoms with van der Waals surface area (Å²) in [6, 6.07) is 8.16. The molecule has 0 bridgehead atoms. The maximum absolute atomic E-state index is 11.7. The van der Waals surface area contributed by atoms with Gasteiger partial charge < -0.3 is 10.6 Å². The van der Waals surface area contributed by atoms with E-state index in [0.717, 1.165) is 24.4 Å². The number of benzene rings is 1. The summed E-state index contributed by atoms with van der Waals surface area (Å²) in [4.78, 5) is 11.7. The van der Waals surface area contributed by atoms with Crippen LogP contribution in [-0.2, 0) is 6.54 Å². The van der Waals surface area contributed by atoms with E-state index in [1.54, 1.807) is 0 Å². The van der Waals surface area contributed by atoms with Gasteiger partial charge in [0.15, 0.2) is 0 Å². The second-order valence-corrected chi connectivity index (χ2v) is 5.89. The molecule has 3 heteroatoms. The lowest BCUT2D eigenvalue weighted by molar-refractivity contribution is 0.240. The van der Waals surface area contributed by atoms with Crippen molar-refractivity contribution in [2.45, 2.75) is 52.0 Å². The van der Waals surface area contributed by atoms with Crippen LogP contribution >= 0.6 is 0 Å². The van der Waals surface area contributed by atoms with Gasteiger partial charge in [0.1, 0.15) is 0 Å². The van der Waals surface area contributed by atoms with E-state index >= 15 is 0 Å². The number of rotatable bonds is 6. The first-order chi connectivity index (χ1) is 9.74. The molecule has 0 atom stereocenters. The van der Waals surface area contributed by atoms with E-state index in [2.05, 4.69) is 29.7 Å². The van der Waals surface area contributed by atoms with Gasteiger partial charge in [-0.2, -0.15) is 0 Å². The number of nitrogens with one attached hydrogen (secondary N) is 2. The minimum Gasteiger partial charge on any atom is -0.338 e. The van der Waals surface area contributed by atoms with E-state index in [0.29, 0.717) is 6.54 Å². The smallest absolute Gasteiger partial charge is 0.315 e. The van der Waals surface area contributed by atoms with Gasteiger partial charge in [-0.25, -0.2) is 4.79 Å². The fraction of sp³-hybridized carbons (Fsp3) is 0.588. The van der Waals surface area contributed by atoms with E-state index < -0.39 is 0 Å². The third-order valence-electron chi connectivity index (χ3n) is 4.09. The number of hydrogen-bond donors (Lipinski definition) is 2. The molecule has 0 aromatic heterocycles. The van der Waals surface area contributed by atoms with Crippen molar-refractivity contribution in [3.8, 4) is 0 Å². The lowest BCUT2D eigenvalue weighted by atomic mass is 10.0. The van der Waals surface area contributed by atoms with Crippen LogP contribution in [0.25, 0.3) is 0 Å². The highest BCUT2D eigenvalue weighted by Gasteiger charge is 2.14. The van der Waals surface area contributed by atoms with Crippen LogP contribution in [0.15, 0.2) is 24.3 Å². The summed E-state index contributed by atoms with van der Waals surface area (Å²) in [6.07, 6.45) is 7.93. The summed E-state index contributed by atoms with van der Waals surface area (Å²) >= 11 is 0. The summed E-state index contributed by atoms with van der Waals surface area (Å²) in [7, 11) is 0. The van der Waals surface area contributed by atoms with Crippen molar-refractivity contribution in [2.75, 3.05) is 6.54 Å². The lowest BCUT2D eigenvalue weighted by Crippen LogP contribution is -2.35. The minimum absolute atomic E-state index is 0.0575. The van der Waals surface area contributed by atoms with Crippen molar-refractivity contribution in [2.24, 2.45) is 5.92 Å². The van der Waals surface area contributed by atoms with Crippen molar-refractivity contribution < 1.29 is 4.79 Å². The quantitative estimate of drug-likeness (QED) is 0.762. The first-order valence-electron chi connectivity index (χ1n) is 7.81. The molecule has 1 saturated carbocycles. The fourth-order valence-electron chi connectivity index (χ4n) is 2.96. The highest BCUT2D eigenvalue weighted by Crippen LogP contribution is 2.28. The molecule has 2 N–H and O–H groups in total. The molecular weight excluding hydrogens is 248 g/mol. The third-order valence-corrected chi connectivity index (χ3v) is 4.09. The molecule has 0 radical (unpaired) electrons. The van der Waals surface area contributed by atoms with E-state index in [9.17, 15) is 4.79 Å². The Morgan fingerprint density at radius 2 is 2.05 bits per heavy atom. The van der Waals surface area contributed by atoms with Crippen LogP contribution in [-0.4, -0.2) is 12.6 Å². The SMILES string of the molecule is Cc1cccc(CNC(=O)NCCCC2CCCC2)c1. The normalized spacial score (nSPS) is 15.2. The first-order valence-corrected chi connectivity index (χ1v) is 7.81. The largest absolute Gasteiger partial charge is 0.338 e. The topological polar surface area (TPSA) is 41.1 Å². The Balaban J connectivity index is 1.56. The van der Waals surface area contributed by atoms with Crippen LogP contribution in [0, 0.1) is 12.8 Å². The number of amides is 2. The molecule has 0 aliphatic heterocycles. The molecule has 0 heterocycles. The monoisotopic (exact) mass is 274 g/mol. The Morgan fingerprint density at radius 1 is 1.25 bits per heavy atom. The Labute approximate surface area is 122 Å². The number of hydrogen-bond acceptors (Lipinski definition) is 1. The maximum Gasteiger partial charge on any atom is 0.315 e. The first kappa shape index (κ1) is 14.9.